The zero-order chi connectivity index (χ0) is 15.5. The lowest BCUT2D eigenvalue weighted by atomic mass is 10.0. The number of amides is 1. The van der Waals surface area contributed by atoms with E-state index in [-0.39, 0.29) is 18.4 Å². The lowest BCUT2D eigenvalue weighted by Gasteiger charge is -2.17. The number of carboxylic acid groups (broad SMARTS) is 1. The molecule has 1 aromatic heterocycles. The lowest BCUT2D eigenvalue weighted by Crippen LogP contribution is -2.49. The summed E-state index contributed by atoms with van der Waals surface area (Å²) in [5.74, 6) is -1.25. The van der Waals surface area contributed by atoms with Gasteiger partial charge < -0.3 is 20.7 Å². The number of benzene rings is 1. The Hall–Kier alpha value is -2.34. The average molecular weight is 301 g/mol. The van der Waals surface area contributed by atoms with Gasteiger partial charge in [0, 0.05) is 23.5 Å². The molecular weight excluding hydrogens is 282 g/mol. The molecule has 4 N–H and O–H groups in total. The zero-order valence-electron chi connectivity index (χ0n) is 12.1. The molecule has 1 aromatic carbocycles. The molecule has 1 aliphatic rings. The van der Waals surface area contributed by atoms with Crippen LogP contribution in [0.25, 0.3) is 10.9 Å². The van der Waals surface area contributed by atoms with Crippen molar-refractivity contribution in [1.82, 2.24) is 15.6 Å². The van der Waals surface area contributed by atoms with Crippen molar-refractivity contribution < 1.29 is 14.7 Å². The molecule has 0 radical (unpaired) electrons. The fraction of sp³-hybridized carbons (Fsp3) is 0.375. The molecule has 6 nitrogen and oxygen atoms in total. The molecule has 0 saturated carbocycles. The van der Waals surface area contributed by atoms with E-state index in [1.807, 2.05) is 24.3 Å². The van der Waals surface area contributed by atoms with Crippen LogP contribution >= 0.6 is 0 Å². The summed E-state index contributed by atoms with van der Waals surface area (Å²) in [7, 11) is 0. The molecule has 22 heavy (non-hydrogen) atoms. The zero-order valence-corrected chi connectivity index (χ0v) is 12.1. The minimum absolute atomic E-state index is 0.232. The summed E-state index contributed by atoms with van der Waals surface area (Å²) in [5.41, 5.74) is 1.85. The van der Waals surface area contributed by atoms with Crippen molar-refractivity contribution in [1.29, 1.82) is 0 Å². The molecule has 2 aromatic rings. The van der Waals surface area contributed by atoms with Crippen LogP contribution in [0.3, 0.4) is 0 Å². The molecule has 1 aliphatic heterocycles. The summed E-state index contributed by atoms with van der Waals surface area (Å²) >= 11 is 0. The minimum Gasteiger partial charge on any atom is -0.480 e. The molecular formula is C16H19N3O3. The van der Waals surface area contributed by atoms with Gasteiger partial charge in [0.05, 0.1) is 6.04 Å². The molecule has 2 heterocycles. The molecule has 1 fully saturated rings. The van der Waals surface area contributed by atoms with Crippen molar-refractivity contribution in [2.75, 3.05) is 6.54 Å². The number of nitrogens with one attached hydrogen (secondary N) is 3. The van der Waals surface area contributed by atoms with Gasteiger partial charge in [0.1, 0.15) is 6.04 Å². The van der Waals surface area contributed by atoms with Crippen LogP contribution in [0.4, 0.5) is 0 Å². The number of aliphatic carboxylic acids is 1. The van der Waals surface area contributed by atoms with Gasteiger partial charge in [-0.2, -0.15) is 0 Å². The first-order valence-corrected chi connectivity index (χ1v) is 7.46. The fourth-order valence-corrected chi connectivity index (χ4v) is 2.90. The van der Waals surface area contributed by atoms with Gasteiger partial charge in [-0.05, 0) is 31.0 Å². The van der Waals surface area contributed by atoms with E-state index in [1.165, 1.54) is 0 Å². The summed E-state index contributed by atoms with van der Waals surface area (Å²) in [4.78, 5) is 26.7. The molecule has 6 heteroatoms. The van der Waals surface area contributed by atoms with Gasteiger partial charge in [0.25, 0.3) is 0 Å². The molecule has 2 unspecified atom stereocenters. The van der Waals surface area contributed by atoms with Gasteiger partial charge in [-0.15, -0.1) is 0 Å². The van der Waals surface area contributed by atoms with Gasteiger partial charge in [0.2, 0.25) is 5.91 Å². The van der Waals surface area contributed by atoms with Gasteiger partial charge in [0.15, 0.2) is 0 Å². The second kappa shape index (κ2) is 6.19. The van der Waals surface area contributed by atoms with Crippen molar-refractivity contribution in [3.8, 4) is 0 Å². The van der Waals surface area contributed by atoms with E-state index < -0.39 is 12.0 Å². The number of hydrogen-bond acceptors (Lipinski definition) is 3. The molecule has 3 rings (SSSR count). The van der Waals surface area contributed by atoms with Gasteiger partial charge in [-0.25, -0.2) is 4.79 Å². The largest absolute Gasteiger partial charge is 0.480 e. The van der Waals surface area contributed by atoms with Crippen LogP contribution < -0.4 is 10.6 Å². The number of aromatic nitrogens is 1. The monoisotopic (exact) mass is 301 g/mol. The number of fused-ring (bicyclic) bond motifs is 1. The van der Waals surface area contributed by atoms with E-state index in [9.17, 15) is 14.7 Å². The number of carbonyl (C=O) groups excluding carboxylic acids is 1. The maximum absolute atomic E-state index is 12.1. The molecule has 116 valence electrons. The van der Waals surface area contributed by atoms with E-state index in [0.29, 0.717) is 0 Å². The Bertz CT molecular complexity index is 689. The normalized spacial score (nSPS) is 19.2. The quantitative estimate of drug-likeness (QED) is 0.663. The first-order chi connectivity index (χ1) is 10.6. The second-order valence-electron chi connectivity index (χ2n) is 5.61. The second-order valence-corrected chi connectivity index (χ2v) is 5.61. The lowest BCUT2D eigenvalue weighted by molar-refractivity contribution is -0.142. The molecule has 0 bridgehead atoms. The summed E-state index contributed by atoms with van der Waals surface area (Å²) in [5, 5.41) is 16.1. The molecule has 1 saturated heterocycles. The number of hydrogen-bond donors (Lipinski definition) is 4. The maximum Gasteiger partial charge on any atom is 0.326 e. The Kier molecular flexibility index (Phi) is 4.11. The van der Waals surface area contributed by atoms with E-state index in [1.54, 1.807) is 6.20 Å². The fourth-order valence-electron chi connectivity index (χ4n) is 2.90. The summed E-state index contributed by atoms with van der Waals surface area (Å²) < 4.78 is 0. The summed E-state index contributed by atoms with van der Waals surface area (Å²) in [6.07, 6.45) is 3.77. The summed E-state index contributed by atoms with van der Waals surface area (Å²) in [6, 6.07) is 6.52. The third-order valence-corrected chi connectivity index (χ3v) is 4.09. The van der Waals surface area contributed by atoms with Gasteiger partial charge in [-0.3, -0.25) is 4.79 Å². The molecule has 1 amide bonds. The third-order valence-electron chi connectivity index (χ3n) is 4.09. The predicted molar refractivity (Wildman–Crippen MR) is 82.6 cm³/mol. The van der Waals surface area contributed by atoms with Crippen LogP contribution in [-0.4, -0.2) is 40.6 Å². The average Bonchev–Trinajstić information content (AvgIpc) is 3.16. The Balaban J connectivity index is 1.74. The number of H-pyrrole nitrogens is 1. The van der Waals surface area contributed by atoms with Gasteiger partial charge >= 0.3 is 5.97 Å². The Labute approximate surface area is 127 Å². The number of para-hydroxylation sites is 1. The highest BCUT2D eigenvalue weighted by Gasteiger charge is 2.27. The van der Waals surface area contributed by atoms with Crippen molar-refractivity contribution in [2.45, 2.75) is 31.3 Å². The topological polar surface area (TPSA) is 94.2 Å². The standard InChI is InChI=1S/C16H19N3O3/c20-15(13-6-3-7-17-13)19-14(16(21)22)8-10-9-18-12-5-2-1-4-11(10)12/h1-2,4-5,9,13-14,17-18H,3,6-8H2,(H,19,20)(H,21,22). The molecule has 2 atom stereocenters. The highest BCUT2D eigenvalue weighted by atomic mass is 16.4. The number of carbonyl (C=O) groups is 2. The SMILES string of the molecule is O=C(O)C(Cc1c[nH]c2ccccc12)NC(=O)C1CCCN1. The van der Waals surface area contributed by atoms with E-state index in [2.05, 4.69) is 15.6 Å². The van der Waals surface area contributed by atoms with E-state index in [4.69, 9.17) is 0 Å². The smallest absolute Gasteiger partial charge is 0.326 e. The predicted octanol–water partition coefficient (Wildman–Crippen LogP) is 1.03. The minimum atomic E-state index is -1.02. The van der Waals surface area contributed by atoms with Gasteiger partial charge in [-0.1, -0.05) is 18.2 Å². The maximum atomic E-state index is 12.1. The number of rotatable bonds is 5. The highest BCUT2D eigenvalue weighted by Crippen LogP contribution is 2.19. The third kappa shape index (κ3) is 2.96. The van der Waals surface area contributed by atoms with Crippen LogP contribution in [-0.2, 0) is 16.0 Å². The van der Waals surface area contributed by atoms with Crippen molar-refractivity contribution >= 4 is 22.8 Å². The van der Waals surface area contributed by atoms with Crippen LogP contribution in [0.5, 0.6) is 0 Å². The highest BCUT2D eigenvalue weighted by molar-refractivity contribution is 5.88. The molecule has 0 spiro atoms. The van der Waals surface area contributed by atoms with Crippen LogP contribution in [0.15, 0.2) is 30.5 Å². The van der Waals surface area contributed by atoms with Crippen molar-refractivity contribution in [2.24, 2.45) is 0 Å². The van der Waals surface area contributed by atoms with Crippen molar-refractivity contribution in [3.05, 3.63) is 36.0 Å². The van der Waals surface area contributed by atoms with E-state index in [0.717, 1.165) is 35.9 Å². The first-order valence-electron chi connectivity index (χ1n) is 7.46. The van der Waals surface area contributed by atoms with Crippen LogP contribution in [0, 0.1) is 0 Å². The van der Waals surface area contributed by atoms with Crippen LogP contribution in [0.2, 0.25) is 0 Å². The Morgan fingerprint density at radius 2 is 2.18 bits per heavy atom. The Morgan fingerprint density at radius 3 is 2.91 bits per heavy atom. The number of aromatic amines is 1. The Morgan fingerprint density at radius 1 is 1.36 bits per heavy atom. The molecule has 0 aliphatic carbocycles. The first kappa shape index (κ1) is 14.6. The summed E-state index contributed by atoms with van der Waals surface area (Å²) in [6.45, 7) is 0.804. The van der Waals surface area contributed by atoms with Crippen LogP contribution in [0.1, 0.15) is 18.4 Å². The van der Waals surface area contributed by atoms with Crippen molar-refractivity contribution in [3.63, 3.8) is 0 Å². The number of carboxylic acids is 1. The van der Waals surface area contributed by atoms with E-state index >= 15 is 0 Å².